The van der Waals surface area contributed by atoms with Crippen molar-refractivity contribution < 1.29 is 9.84 Å². The van der Waals surface area contributed by atoms with E-state index in [2.05, 4.69) is 9.97 Å². The van der Waals surface area contributed by atoms with Crippen LogP contribution in [0.4, 0.5) is 0 Å². The molecule has 1 N–H and O–H groups in total. The maximum absolute atomic E-state index is 10.7. The summed E-state index contributed by atoms with van der Waals surface area (Å²) < 4.78 is 5.11. The molecule has 0 aliphatic rings. The van der Waals surface area contributed by atoms with Gasteiger partial charge < -0.3 is 9.84 Å². The number of ether oxygens (including phenoxy) is 1. The Morgan fingerprint density at radius 2 is 1.76 bits per heavy atom. The Labute approximate surface area is 99.9 Å². The van der Waals surface area contributed by atoms with E-state index in [1.54, 1.807) is 19.5 Å². The first-order chi connectivity index (χ1) is 8.27. The van der Waals surface area contributed by atoms with Crippen molar-refractivity contribution in [2.45, 2.75) is 5.60 Å². The van der Waals surface area contributed by atoms with E-state index in [4.69, 9.17) is 4.74 Å². The third-order valence-corrected chi connectivity index (χ3v) is 2.64. The molecule has 0 saturated carbocycles. The van der Waals surface area contributed by atoms with Gasteiger partial charge in [-0.05, 0) is 5.56 Å². The normalized spacial score (nSPS) is 14.2. The summed E-state index contributed by atoms with van der Waals surface area (Å²) >= 11 is 0. The quantitative estimate of drug-likeness (QED) is 0.861. The number of methoxy groups -OCH3 is 1. The van der Waals surface area contributed by atoms with Crippen LogP contribution in [0.1, 0.15) is 11.1 Å². The van der Waals surface area contributed by atoms with Gasteiger partial charge in [0.25, 0.3) is 0 Å². The molecule has 0 radical (unpaired) electrons. The molecule has 0 aliphatic heterocycles. The van der Waals surface area contributed by atoms with Crippen molar-refractivity contribution in [1.29, 1.82) is 0 Å². The van der Waals surface area contributed by atoms with Crippen LogP contribution in [0, 0.1) is 0 Å². The van der Waals surface area contributed by atoms with Crippen LogP contribution < -0.4 is 0 Å². The molecule has 2 aromatic rings. The van der Waals surface area contributed by atoms with E-state index >= 15 is 0 Å². The van der Waals surface area contributed by atoms with E-state index in [1.165, 1.54) is 6.33 Å². The third kappa shape index (κ3) is 2.33. The van der Waals surface area contributed by atoms with Gasteiger partial charge in [0.1, 0.15) is 11.9 Å². The molecule has 1 aromatic heterocycles. The minimum absolute atomic E-state index is 0.157. The van der Waals surface area contributed by atoms with Gasteiger partial charge in [-0.15, -0.1) is 0 Å². The molecule has 0 fully saturated rings. The summed E-state index contributed by atoms with van der Waals surface area (Å²) in [6, 6.07) is 9.36. The molecule has 0 saturated heterocycles. The van der Waals surface area contributed by atoms with Gasteiger partial charge in [0.05, 0.1) is 6.61 Å². The number of benzene rings is 1. The van der Waals surface area contributed by atoms with Crippen LogP contribution in [0.5, 0.6) is 0 Å². The van der Waals surface area contributed by atoms with Crippen LogP contribution in [-0.4, -0.2) is 28.8 Å². The fourth-order valence-electron chi connectivity index (χ4n) is 1.77. The van der Waals surface area contributed by atoms with E-state index in [0.29, 0.717) is 5.56 Å². The molecule has 0 bridgehead atoms. The standard InChI is InChI=1S/C13H14N2O2/c1-17-9-13(16,11-5-3-2-4-6-11)12-7-14-10-15-8-12/h2-8,10,16H,9H2,1H3. The second kappa shape index (κ2) is 5.03. The number of hydrogen-bond donors (Lipinski definition) is 1. The molecule has 0 amide bonds. The van der Waals surface area contributed by atoms with Crippen LogP contribution >= 0.6 is 0 Å². The summed E-state index contributed by atoms with van der Waals surface area (Å²) in [6.45, 7) is 0.157. The lowest BCUT2D eigenvalue weighted by Crippen LogP contribution is -2.32. The lowest BCUT2D eigenvalue weighted by atomic mass is 9.89. The van der Waals surface area contributed by atoms with Crippen molar-refractivity contribution in [1.82, 2.24) is 9.97 Å². The van der Waals surface area contributed by atoms with Gasteiger partial charge in [0, 0.05) is 25.1 Å². The summed E-state index contributed by atoms with van der Waals surface area (Å²) in [7, 11) is 1.55. The first-order valence-corrected chi connectivity index (χ1v) is 5.29. The smallest absolute Gasteiger partial charge is 0.141 e. The predicted molar refractivity (Wildman–Crippen MR) is 63.3 cm³/mol. The highest BCUT2D eigenvalue weighted by Gasteiger charge is 2.32. The Kier molecular flexibility index (Phi) is 3.46. The van der Waals surface area contributed by atoms with Gasteiger partial charge in [-0.1, -0.05) is 30.3 Å². The number of aromatic nitrogens is 2. The lowest BCUT2D eigenvalue weighted by molar-refractivity contribution is -0.00376. The highest BCUT2D eigenvalue weighted by atomic mass is 16.5. The second-order valence-corrected chi connectivity index (χ2v) is 3.79. The fraction of sp³-hybridized carbons (Fsp3) is 0.231. The molecule has 0 aliphatic carbocycles. The van der Waals surface area contributed by atoms with Crippen molar-refractivity contribution in [3.63, 3.8) is 0 Å². The van der Waals surface area contributed by atoms with Gasteiger partial charge in [-0.25, -0.2) is 9.97 Å². The Hall–Kier alpha value is -1.78. The van der Waals surface area contributed by atoms with Crippen LogP contribution in [0.25, 0.3) is 0 Å². The Balaban J connectivity index is 2.47. The minimum Gasteiger partial charge on any atom is -0.381 e. The average molecular weight is 230 g/mol. The van der Waals surface area contributed by atoms with E-state index in [9.17, 15) is 5.11 Å². The summed E-state index contributed by atoms with van der Waals surface area (Å²) in [5, 5.41) is 10.7. The maximum Gasteiger partial charge on any atom is 0.141 e. The number of aliphatic hydroxyl groups is 1. The number of rotatable bonds is 4. The largest absolute Gasteiger partial charge is 0.381 e. The first-order valence-electron chi connectivity index (χ1n) is 5.29. The van der Waals surface area contributed by atoms with Crippen LogP contribution in [0.2, 0.25) is 0 Å². The molecule has 1 heterocycles. The molecule has 1 unspecified atom stereocenters. The monoisotopic (exact) mass is 230 g/mol. The van der Waals surface area contributed by atoms with Crippen molar-refractivity contribution in [2.75, 3.05) is 13.7 Å². The molecular formula is C13H14N2O2. The zero-order valence-corrected chi connectivity index (χ0v) is 9.58. The first kappa shape index (κ1) is 11.7. The van der Waals surface area contributed by atoms with Gasteiger partial charge in [-0.2, -0.15) is 0 Å². The van der Waals surface area contributed by atoms with E-state index < -0.39 is 5.60 Å². The van der Waals surface area contributed by atoms with Crippen molar-refractivity contribution >= 4 is 0 Å². The average Bonchev–Trinajstić information content (AvgIpc) is 2.41. The molecular weight excluding hydrogens is 216 g/mol. The van der Waals surface area contributed by atoms with Crippen LogP contribution in [0.3, 0.4) is 0 Å². The zero-order chi connectivity index (χ0) is 12.1. The number of hydrogen-bond acceptors (Lipinski definition) is 4. The van der Waals surface area contributed by atoms with Gasteiger partial charge in [0.2, 0.25) is 0 Å². The number of nitrogens with zero attached hydrogens (tertiary/aromatic N) is 2. The molecule has 4 nitrogen and oxygen atoms in total. The molecule has 1 aromatic carbocycles. The second-order valence-electron chi connectivity index (χ2n) is 3.79. The minimum atomic E-state index is -1.21. The van der Waals surface area contributed by atoms with Gasteiger partial charge >= 0.3 is 0 Å². The van der Waals surface area contributed by atoms with E-state index in [1.807, 2.05) is 30.3 Å². The predicted octanol–water partition coefficient (Wildman–Crippen LogP) is 1.36. The summed E-state index contributed by atoms with van der Waals surface area (Å²) in [6.07, 6.45) is 4.62. The fourth-order valence-corrected chi connectivity index (χ4v) is 1.77. The molecule has 0 spiro atoms. The van der Waals surface area contributed by atoms with Crippen molar-refractivity contribution in [2.24, 2.45) is 0 Å². The molecule has 88 valence electrons. The summed E-state index contributed by atoms with van der Waals surface area (Å²) in [5.74, 6) is 0. The highest BCUT2D eigenvalue weighted by molar-refractivity contribution is 5.33. The third-order valence-electron chi connectivity index (χ3n) is 2.64. The van der Waals surface area contributed by atoms with Gasteiger partial charge in [0.15, 0.2) is 0 Å². The zero-order valence-electron chi connectivity index (χ0n) is 9.58. The molecule has 2 rings (SSSR count). The Bertz CT molecular complexity index is 420. The molecule has 1 atom stereocenters. The summed E-state index contributed by atoms with van der Waals surface area (Å²) in [5.41, 5.74) is 0.168. The van der Waals surface area contributed by atoms with Gasteiger partial charge in [-0.3, -0.25) is 0 Å². The van der Waals surface area contributed by atoms with E-state index in [0.717, 1.165) is 5.56 Å². The van der Waals surface area contributed by atoms with Crippen molar-refractivity contribution in [3.8, 4) is 0 Å². The summed E-state index contributed by atoms with van der Waals surface area (Å²) in [4.78, 5) is 7.86. The van der Waals surface area contributed by atoms with E-state index in [-0.39, 0.29) is 6.61 Å². The topological polar surface area (TPSA) is 55.2 Å². The SMILES string of the molecule is COCC(O)(c1ccccc1)c1cncnc1. The lowest BCUT2D eigenvalue weighted by Gasteiger charge is -2.27. The highest BCUT2D eigenvalue weighted by Crippen LogP contribution is 2.28. The van der Waals surface area contributed by atoms with Crippen molar-refractivity contribution in [3.05, 3.63) is 60.2 Å². The van der Waals surface area contributed by atoms with Crippen LogP contribution in [-0.2, 0) is 10.3 Å². The maximum atomic E-state index is 10.7. The Morgan fingerprint density at radius 1 is 1.12 bits per heavy atom. The van der Waals surface area contributed by atoms with Crippen LogP contribution in [0.15, 0.2) is 49.1 Å². The Morgan fingerprint density at radius 3 is 2.35 bits per heavy atom. The molecule has 17 heavy (non-hydrogen) atoms. The molecule has 4 heteroatoms.